The zero-order valence-corrected chi connectivity index (χ0v) is 11.9. The number of hydrogen-bond acceptors (Lipinski definition) is 1. The molecule has 98 valence electrons. The maximum atomic E-state index is 11.8. The second kappa shape index (κ2) is 5.27. The second-order valence-electron chi connectivity index (χ2n) is 4.39. The van der Waals surface area contributed by atoms with Gasteiger partial charge in [0, 0.05) is 17.7 Å². The number of carbonyl (C=O) groups excluding carboxylic acids is 1. The van der Waals surface area contributed by atoms with Gasteiger partial charge in [-0.05, 0) is 25.1 Å². The van der Waals surface area contributed by atoms with E-state index in [4.69, 9.17) is 0 Å². The summed E-state index contributed by atoms with van der Waals surface area (Å²) in [5.74, 6) is 0.0556. The fourth-order valence-corrected chi connectivity index (χ4v) is 2.43. The maximum Gasteiger partial charge on any atom is 0.228 e. The van der Waals surface area contributed by atoms with Gasteiger partial charge in [-0.1, -0.05) is 43.7 Å². The molecule has 3 rings (SSSR count). The molecule has 0 amide bonds. The van der Waals surface area contributed by atoms with Crippen LogP contribution < -0.4 is 0 Å². The number of fused-ring (bicyclic) bond motifs is 3. The van der Waals surface area contributed by atoms with Gasteiger partial charge in [-0.25, -0.2) is 0 Å². The fourth-order valence-electron chi connectivity index (χ4n) is 2.43. The summed E-state index contributed by atoms with van der Waals surface area (Å²) in [4.78, 5) is 11.8. The molecule has 0 bridgehead atoms. The molecule has 2 nitrogen and oxygen atoms in total. The van der Waals surface area contributed by atoms with Crippen LogP contribution in [0.4, 0.5) is 0 Å². The zero-order valence-electron chi connectivity index (χ0n) is 11.9. The highest BCUT2D eigenvalue weighted by atomic mass is 16.1. The van der Waals surface area contributed by atoms with Crippen LogP contribution in [-0.4, -0.2) is 10.5 Å². The highest BCUT2D eigenvalue weighted by Gasteiger charge is 2.12. The molecule has 0 aliphatic carbocycles. The van der Waals surface area contributed by atoms with Crippen LogP contribution in [-0.2, 0) is 0 Å². The minimum Gasteiger partial charge on any atom is -0.280 e. The number of nitrogens with zero attached hydrogens (tertiary/aromatic N) is 1. The van der Waals surface area contributed by atoms with E-state index in [0.29, 0.717) is 0 Å². The van der Waals surface area contributed by atoms with Crippen molar-refractivity contribution in [1.29, 1.82) is 0 Å². The summed E-state index contributed by atoms with van der Waals surface area (Å²) in [7, 11) is 0. The minimum absolute atomic E-state index is 0.0556. The van der Waals surface area contributed by atoms with E-state index in [2.05, 4.69) is 19.1 Å². The van der Waals surface area contributed by atoms with Gasteiger partial charge in [0.1, 0.15) is 0 Å². The van der Waals surface area contributed by atoms with E-state index in [1.165, 1.54) is 5.56 Å². The average Bonchev–Trinajstić information content (AvgIpc) is 2.75. The van der Waals surface area contributed by atoms with Crippen molar-refractivity contribution in [3.63, 3.8) is 0 Å². The first-order chi connectivity index (χ1) is 9.18. The fraction of sp³-hybridized carbons (Fsp3) is 0.235. The van der Waals surface area contributed by atoms with E-state index in [1.807, 2.05) is 44.2 Å². The largest absolute Gasteiger partial charge is 0.280 e. The molecule has 0 aliphatic rings. The van der Waals surface area contributed by atoms with Crippen LogP contribution in [0.5, 0.6) is 0 Å². The molecule has 0 N–H and O–H groups in total. The molecule has 0 radical (unpaired) electrons. The topological polar surface area (TPSA) is 22.0 Å². The Balaban J connectivity index is 0.000000637. The van der Waals surface area contributed by atoms with Crippen LogP contribution in [0, 0.1) is 6.92 Å². The summed E-state index contributed by atoms with van der Waals surface area (Å²) in [6.07, 6.45) is 0. The summed E-state index contributed by atoms with van der Waals surface area (Å²) in [5, 5.41) is 2.29. The van der Waals surface area contributed by atoms with Crippen molar-refractivity contribution in [2.75, 3.05) is 0 Å². The normalized spacial score (nSPS) is 10.3. The summed E-state index contributed by atoms with van der Waals surface area (Å²) in [6.45, 7) is 7.67. The molecule has 0 unspecified atom stereocenters. The molecule has 0 atom stereocenters. The maximum absolute atomic E-state index is 11.8. The minimum atomic E-state index is 0.0556. The molecule has 19 heavy (non-hydrogen) atoms. The van der Waals surface area contributed by atoms with Crippen molar-refractivity contribution in [2.24, 2.45) is 0 Å². The Morgan fingerprint density at radius 2 is 1.58 bits per heavy atom. The van der Waals surface area contributed by atoms with E-state index >= 15 is 0 Å². The standard InChI is InChI=1S/C15H13NO.C2H6/c1-10-7-8-15-13(9-10)12-5-3-4-6-14(12)16(15)11(2)17;1-2/h3-9H,1-2H3;1-2H3. The van der Waals surface area contributed by atoms with Gasteiger partial charge < -0.3 is 0 Å². The second-order valence-corrected chi connectivity index (χ2v) is 4.39. The third kappa shape index (κ3) is 2.14. The van der Waals surface area contributed by atoms with Gasteiger partial charge in [0.15, 0.2) is 0 Å². The van der Waals surface area contributed by atoms with E-state index in [9.17, 15) is 4.79 Å². The molecule has 0 saturated carbocycles. The lowest BCUT2D eigenvalue weighted by atomic mass is 10.1. The van der Waals surface area contributed by atoms with Crippen molar-refractivity contribution in [1.82, 2.24) is 4.57 Å². The van der Waals surface area contributed by atoms with Gasteiger partial charge in [0.05, 0.1) is 11.0 Å². The first-order valence-corrected chi connectivity index (χ1v) is 6.69. The van der Waals surface area contributed by atoms with E-state index in [1.54, 1.807) is 11.5 Å². The average molecular weight is 253 g/mol. The van der Waals surface area contributed by atoms with Crippen LogP contribution in [0.25, 0.3) is 21.8 Å². The summed E-state index contributed by atoms with van der Waals surface area (Å²) < 4.78 is 1.78. The van der Waals surface area contributed by atoms with Crippen LogP contribution in [0.15, 0.2) is 42.5 Å². The van der Waals surface area contributed by atoms with Gasteiger partial charge in [-0.2, -0.15) is 0 Å². The zero-order chi connectivity index (χ0) is 14.0. The lowest BCUT2D eigenvalue weighted by Gasteiger charge is -2.01. The van der Waals surface area contributed by atoms with Gasteiger partial charge in [0.25, 0.3) is 0 Å². The molecule has 0 fully saturated rings. The Hall–Kier alpha value is -2.09. The van der Waals surface area contributed by atoms with Crippen molar-refractivity contribution >= 4 is 27.7 Å². The Labute approximate surface area is 113 Å². The third-order valence-corrected chi connectivity index (χ3v) is 3.14. The van der Waals surface area contributed by atoms with Gasteiger partial charge in [-0.3, -0.25) is 9.36 Å². The Morgan fingerprint density at radius 1 is 0.947 bits per heavy atom. The summed E-state index contributed by atoms with van der Waals surface area (Å²) >= 11 is 0. The number of benzene rings is 2. The lowest BCUT2D eigenvalue weighted by molar-refractivity contribution is 0.0946. The molecule has 2 heteroatoms. The Morgan fingerprint density at radius 3 is 2.26 bits per heavy atom. The quantitative estimate of drug-likeness (QED) is 0.564. The third-order valence-electron chi connectivity index (χ3n) is 3.14. The van der Waals surface area contributed by atoms with Crippen molar-refractivity contribution in [3.05, 3.63) is 48.0 Å². The van der Waals surface area contributed by atoms with Gasteiger partial charge in [-0.15, -0.1) is 0 Å². The number of aryl methyl sites for hydroxylation is 1. The first kappa shape index (κ1) is 13.3. The molecule has 2 aromatic carbocycles. The molecule has 1 aromatic heterocycles. The monoisotopic (exact) mass is 253 g/mol. The van der Waals surface area contributed by atoms with Crippen LogP contribution in [0.2, 0.25) is 0 Å². The predicted octanol–water partition coefficient (Wildman–Crippen LogP) is 4.79. The first-order valence-electron chi connectivity index (χ1n) is 6.69. The predicted molar refractivity (Wildman–Crippen MR) is 81.8 cm³/mol. The lowest BCUT2D eigenvalue weighted by Crippen LogP contribution is -2.04. The van der Waals surface area contributed by atoms with Gasteiger partial charge >= 0.3 is 0 Å². The highest BCUT2D eigenvalue weighted by molar-refractivity contribution is 6.13. The number of para-hydroxylation sites is 1. The van der Waals surface area contributed by atoms with E-state index in [-0.39, 0.29) is 5.91 Å². The molecular formula is C17H19NO. The number of rotatable bonds is 0. The molecular weight excluding hydrogens is 234 g/mol. The summed E-state index contributed by atoms with van der Waals surface area (Å²) in [5.41, 5.74) is 3.19. The molecule has 1 heterocycles. The van der Waals surface area contributed by atoms with E-state index in [0.717, 1.165) is 21.8 Å². The van der Waals surface area contributed by atoms with Gasteiger partial charge in [0.2, 0.25) is 5.91 Å². The molecule has 0 aliphatic heterocycles. The number of aromatic nitrogens is 1. The van der Waals surface area contributed by atoms with Crippen LogP contribution in [0.1, 0.15) is 31.1 Å². The van der Waals surface area contributed by atoms with Crippen molar-refractivity contribution < 1.29 is 4.79 Å². The van der Waals surface area contributed by atoms with Crippen LogP contribution >= 0.6 is 0 Å². The molecule has 0 spiro atoms. The Bertz CT molecular complexity index is 737. The smallest absolute Gasteiger partial charge is 0.228 e. The Kier molecular flexibility index (Phi) is 3.70. The summed E-state index contributed by atoms with van der Waals surface area (Å²) in [6, 6.07) is 14.2. The molecule has 3 aromatic rings. The molecule has 0 saturated heterocycles. The SMILES string of the molecule is CC.CC(=O)n1c2ccccc2c2cc(C)ccc21. The van der Waals surface area contributed by atoms with Crippen LogP contribution in [0.3, 0.4) is 0 Å². The highest BCUT2D eigenvalue weighted by Crippen LogP contribution is 2.29. The van der Waals surface area contributed by atoms with Crippen molar-refractivity contribution in [3.8, 4) is 0 Å². The van der Waals surface area contributed by atoms with Crippen molar-refractivity contribution in [2.45, 2.75) is 27.7 Å². The number of hydrogen-bond donors (Lipinski definition) is 0. The van der Waals surface area contributed by atoms with E-state index < -0.39 is 0 Å². The number of carbonyl (C=O) groups is 1.